The zero-order valence-corrected chi connectivity index (χ0v) is 18.1. The Balaban J connectivity index is 1.64. The zero-order valence-electron chi connectivity index (χ0n) is 18.1. The van der Waals surface area contributed by atoms with Crippen molar-refractivity contribution in [2.24, 2.45) is 0 Å². The van der Waals surface area contributed by atoms with Gasteiger partial charge in [-0.2, -0.15) is 4.98 Å². The summed E-state index contributed by atoms with van der Waals surface area (Å²) in [5, 5.41) is 16.2. The number of hydrogen-bond acceptors (Lipinski definition) is 7. The molecule has 0 bridgehead atoms. The standard InChI is InChI=1S/C23H28N4O4/c1-14-18(21(29)24-13-15-6-8-16(30-3)9-7-15)19-20(27-23(2)10-11-23)25-17(5-4-12-28)26-22(19)31-14/h6-9,28H,4-5,10-13H2,1-3H3,(H,24,29)(H,25,26,27). The van der Waals surface area contributed by atoms with Gasteiger partial charge in [0.15, 0.2) is 0 Å². The summed E-state index contributed by atoms with van der Waals surface area (Å²) in [6, 6.07) is 7.55. The third-order valence-electron chi connectivity index (χ3n) is 5.59. The van der Waals surface area contributed by atoms with Gasteiger partial charge in [0.25, 0.3) is 5.91 Å². The maximum atomic E-state index is 13.1. The summed E-state index contributed by atoms with van der Waals surface area (Å²) in [6.45, 7) is 4.34. The lowest BCUT2D eigenvalue weighted by Crippen LogP contribution is -2.24. The van der Waals surface area contributed by atoms with E-state index in [2.05, 4.69) is 27.5 Å². The summed E-state index contributed by atoms with van der Waals surface area (Å²) in [5.41, 5.74) is 1.77. The van der Waals surface area contributed by atoms with E-state index in [1.54, 1.807) is 14.0 Å². The molecular formula is C23H28N4O4. The number of aromatic nitrogens is 2. The number of carbonyl (C=O) groups excluding carboxylic acids is 1. The molecule has 8 nitrogen and oxygen atoms in total. The van der Waals surface area contributed by atoms with Crippen molar-refractivity contribution in [3.8, 4) is 5.75 Å². The number of amides is 1. The van der Waals surface area contributed by atoms with Gasteiger partial charge in [-0.15, -0.1) is 0 Å². The van der Waals surface area contributed by atoms with E-state index in [-0.39, 0.29) is 18.1 Å². The molecule has 3 aromatic rings. The Kier molecular flexibility index (Phi) is 5.82. The molecule has 3 N–H and O–H groups in total. The number of hydrogen-bond donors (Lipinski definition) is 3. The number of aryl methyl sites for hydroxylation is 2. The second kappa shape index (κ2) is 8.55. The van der Waals surface area contributed by atoms with Crippen LogP contribution in [0, 0.1) is 6.92 Å². The number of benzene rings is 1. The van der Waals surface area contributed by atoms with Crippen LogP contribution in [0.1, 0.15) is 53.7 Å². The van der Waals surface area contributed by atoms with E-state index < -0.39 is 0 Å². The summed E-state index contributed by atoms with van der Waals surface area (Å²) in [7, 11) is 1.62. The van der Waals surface area contributed by atoms with Crippen molar-refractivity contribution < 1.29 is 19.1 Å². The van der Waals surface area contributed by atoms with Crippen LogP contribution >= 0.6 is 0 Å². The number of furan rings is 1. The van der Waals surface area contributed by atoms with Crippen LogP contribution in [0.15, 0.2) is 28.7 Å². The maximum Gasteiger partial charge on any atom is 0.255 e. The number of methoxy groups -OCH3 is 1. The largest absolute Gasteiger partial charge is 0.497 e. The first-order valence-electron chi connectivity index (χ1n) is 10.5. The maximum absolute atomic E-state index is 13.1. The molecule has 1 aliphatic rings. The lowest BCUT2D eigenvalue weighted by Gasteiger charge is -2.14. The Morgan fingerprint density at radius 1 is 1.26 bits per heavy atom. The van der Waals surface area contributed by atoms with Crippen LogP contribution < -0.4 is 15.4 Å². The molecular weight excluding hydrogens is 396 g/mol. The smallest absolute Gasteiger partial charge is 0.255 e. The Bertz CT molecular complexity index is 1090. The molecule has 0 saturated heterocycles. The van der Waals surface area contributed by atoms with Crippen molar-refractivity contribution >= 4 is 22.8 Å². The molecule has 31 heavy (non-hydrogen) atoms. The molecule has 0 spiro atoms. The SMILES string of the molecule is COc1ccc(CNC(=O)c2c(C)oc3nc(CCCO)nc(NC4(C)CC4)c23)cc1. The first kappa shape index (κ1) is 21.1. The quantitative estimate of drug-likeness (QED) is 0.483. The molecule has 0 unspecified atom stereocenters. The number of aliphatic hydroxyl groups is 1. The average molecular weight is 425 g/mol. The van der Waals surface area contributed by atoms with Gasteiger partial charge in [0.05, 0.1) is 18.1 Å². The molecule has 0 radical (unpaired) electrons. The van der Waals surface area contributed by atoms with Crippen molar-refractivity contribution in [3.05, 3.63) is 47.0 Å². The normalized spacial score (nSPS) is 14.5. The summed E-state index contributed by atoms with van der Waals surface area (Å²) < 4.78 is 11.0. The molecule has 2 heterocycles. The van der Waals surface area contributed by atoms with Crippen LogP contribution in [-0.4, -0.2) is 40.2 Å². The van der Waals surface area contributed by atoms with Gasteiger partial charge in [-0.3, -0.25) is 4.79 Å². The topological polar surface area (TPSA) is 110 Å². The summed E-state index contributed by atoms with van der Waals surface area (Å²) in [5.74, 6) is 2.24. The minimum atomic E-state index is -0.234. The van der Waals surface area contributed by atoms with Gasteiger partial charge in [0, 0.05) is 25.1 Å². The van der Waals surface area contributed by atoms with Crippen LogP contribution in [0.2, 0.25) is 0 Å². The molecule has 1 saturated carbocycles. The first-order valence-corrected chi connectivity index (χ1v) is 10.5. The van der Waals surface area contributed by atoms with Crippen LogP contribution in [0.5, 0.6) is 5.75 Å². The first-order chi connectivity index (χ1) is 14.9. The predicted octanol–water partition coefficient (Wildman–Crippen LogP) is 3.36. The number of nitrogens with one attached hydrogen (secondary N) is 2. The molecule has 164 valence electrons. The van der Waals surface area contributed by atoms with Crippen molar-refractivity contribution in [3.63, 3.8) is 0 Å². The van der Waals surface area contributed by atoms with Crippen LogP contribution in [0.4, 0.5) is 5.82 Å². The highest BCUT2D eigenvalue weighted by atomic mass is 16.5. The Morgan fingerprint density at radius 3 is 2.65 bits per heavy atom. The Morgan fingerprint density at radius 2 is 2.00 bits per heavy atom. The van der Waals surface area contributed by atoms with E-state index in [0.717, 1.165) is 24.2 Å². The second-order valence-corrected chi connectivity index (χ2v) is 8.25. The van der Waals surface area contributed by atoms with Crippen molar-refractivity contribution in [2.75, 3.05) is 19.0 Å². The van der Waals surface area contributed by atoms with Crippen molar-refractivity contribution in [1.82, 2.24) is 15.3 Å². The van der Waals surface area contributed by atoms with Gasteiger partial charge in [-0.25, -0.2) is 4.98 Å². The van der Waals surface area contributed by atoms with Gasteiger partial charge in [-0.05, 0) is 50.8 Å². The van der Waals surface area contributed by atoms with Gasteiger partial charge < -0.3 is 24.9 Å². The van der Waals surface area contributed by atoms with Gasteiger partial charge in [-0.1, -0.05) is 12.1 Å². The van der Waals surface area contributed by atoms with Crippen LogP contribution in [0.3, 0.4) is 0 Å². The minimum Gasteiger partial charge on any atom is -0.497 e. The predicted molar refractivity (Wildman–Crippen MR) is 117 cm³/mol. The Labute approximate surface area is 181 Å². The number of fused-ring (bicyclic) bond motifs is 1. The van der Waals surface area contributed by atoms with Crippen molar-refractivity contribution in [1.29, 1.82) is 0 Å². The number of nitrogens with zero attached hydrogens (tertiary/aromatic N) is 2. The molecule has 8 heteroatoms. The lowest BCUT2D eigenvalue weighted by molar-refractivity contribution is 0.0951. The number of carbonyl (C=O) groups is 1. The third kappa shape index (κ3) is 4.64. The van der Waals surface area contributed by atoms with Crippen LogP contribution in [-0.2, 0) is 13.0 Å². The van der Waals surface area contributed by atoms with Crippen molar-refractivity contribution in [2.45, 2.75) is 51.6 Å². The number of anilines is 1. The molecule has 1 aromatic carbocycles. The van der Waals surface area contributed by atoms with E-state index in [1.807, 2.05) is 24.3 Å². The van der Waals surface area contributed by atoms with Gasteiger partial charge in [0.1, 0.15) is 23.2 Å². The summed E-state index contributed by atoms with van der Waals surface area (Å²) in [6.07, 6.45) is 3.19. The van der Waals surface area contributed by atoms with E-state index in [9.17, 15) is 4.79 Å². The molecule has 1 fully saturated rings. The second-order valence-electron chi connectivity index (χ2n) is 8.25. The van der Waals surface area contributed by atoms with E-state index in [1.165, 1.54) is 0 Å². The van der Waals surface area contributed by atoms with Gasteiger partial charge in [0.2, 0.25) is 5.71 Å². The zero-order chi connectivity index (χ0) is 22.0. The molecule has 2 aromatic heterocycles. The molecule has 1 aliphatic carbocycles. The Hall–Kier alpha value is -3.13. The van der Waals surface area contributed by atoms with E-state index in [4.69, 9.17) is 14.3 Å². The fourth-order valence-corrected chi connectivity index (χ4v) is 3.48. The average Bonchev–Trinajstić information content (AvgIpc) is 3.38. The minimum absolute atomic E-state index is 0.0302. The van der Waals surface area contributed by atoms with Gasteiger partial charge >= 0.3 is 0 Å². The highest BCUT2D eigenvalue weighted by molar-refractivity contribution is 6.10. The number of rotatable bonds is 9. The third-order valence-corrected chi connectivity index (χ3v) is 5.59. The van der Waals surface area contributed by atoms with Crippen LogP contribution in [0.25, 0.3) is 11.1 Å². The van der Waals surface area contributed by atoms with E-state index in [0.29, 0.717) is 53.5 Å². The highest BCUT2D eigenvalue weighted by Crippen LogP contribution is 2.40. The lowest BCUT2D eigenvalue weighted by atomic mass is 10.1. The fraction of sp³-hybridized carbons (Fsp3) is 0.435. The fourth-order valence-electron chi connectivity index (χ4n) is 3.48. The molecule has 0 aliphatic heterocycles. The summed E-state index contributed by atoms with van der Waals surface area (Å²) >= 11 is 0. The number of ether oxygens (including phenoxy) is 1. The molecule has 4 rings (SSSR count). The molecule has 0 atom stereocenters. The molecule has 1 amide bonds. The highest BCUT2D eigenvalue weighted by Gasteiger charge is 2.38. The monoisotopic (exact) mass is 424 g/mol. The number of aliphatic hydroxyl groups excluding tert-OH is 1. The summed E-state index contributed by atoms with van der Waals surface area (Å²) in [4.78, 5) is 22.3. The van der Waals surface area contributed by atoms with E-state index >= 15 is 0 Å².